The minimum absolute atomic E-state index is 0.246. The summed E-state index contributed by atoms with van der Waals surface area (Å²) >= 11 is 9.17. The Labute approximate surface area is 121 Å². The van der Waals surface area contributed by atoms with E-state index in [0.29, 0.717) is 29.7 Å². The van der Waals surface area contributed by atoms with E-state index in [0.717, 1.165) is 16.5 Å². The van der Waals surface area contributed by atoms with Crippen molar-refractivity contribution in [3.8, 4) is 11.5 Å². The lowest BCUT2D eigenvalue weighted by Crippen LogP contribution is -2.05. The molecule has 0 fully saturated rings. The lowest BCUT2D eigenvalue weighted by atomic mass is 10.1. The molecule has 0 unspecified atom stereocenters. The van der Waals surface area contributed by atoms with Crippen LogP contribution < -0.4 is 15.2 Å². The van der Waals surface area contributed by atoms with Crippen molar-refractivity contribution in [2.45, 2.75) is 13.3 Å². The summed E-state index contributed by atoms with van der Waals surface area (Å²) in [5, 5.41) is 0.440. The van der Waals surface area contributed by atoms with Crippen LogP contribution in [0.1, 0.15) is 12.5 Å². The van der Waals surface area contributed by atoms with Gasteiger partial charge < -0.3 is 15.2 Å². The highest BCUT2D eigenvalue weighted by atomic mass is 79.9. The predicted molar refractivity (Wildman–Crippen MR) is 78.6 cm³/mol. The summed E-state index contributed by atoms with van der Waals surface area (Å²) in [6, 6.07) is 3.91. The molecule has 0 amide bonds. The summed E-state index contributed by atoms with van der Waals surface area (Å²) in [5.74, 6) is 1.33. The van der Waals surface area contributed by atoms with Gasteiger partial charge in [0.05, 0.1) is 11.1 Å². The molecule has 0 saturated heterocycles. The van der Waals surface area contributed by atoms with E-state index in [1.165, 1.54) is 0 Å². The Balaban J connectivity index is 3.01. The minimum Gasteiger partial charge on any atom is -0.490 e. The zero-order chi connectivity index (χ0) is 13.5. The molecule has 0 aliphatic heterocycles. The fourth-order valence-corrected chi connectivity index (χ4v) is 2.14. The molecule has 1 rings (SSSR count). The Morgan fingerprint density at radius 1 is 1.44 bits per heavy atom. The van der Waals surface area contributed by atoms with E-state index in [1.54, 1.807) is 0 Å². The Morgan fingerprint density at radius 3 is 2.72 bits per heavy atom. The van der Waals surface area contributed by atoms with E-state index in [-0.39, 0.29) is 6.61 Å². The minimum atomic E-state index is 0.246. The van der Waals surface area contributed by atoms with Crippen LogP contribution in [0.3, 0.4) is 0 Å². The highest BCUT2D eigenvalue weighted by Gasteiger charge is 2.12. The summed E-state index contributed by atoms with van der Waals surface area (Å²) in [6.07, 6.45) is 0.793. The number of ether oxygens (including phenoxy) is 2. The number of hydrogen-bond donors (Lipinski definition) is 1. The van der Waals surface area contributed by atoms with Crippen LogP contribution in [0.15, 0.2) is 28.2 Å². The second-order valence-electron chi connectivity index (χ2n) is 3.68. The summed E-state index contributed by atoms with van der Waals surface area (Å²) in [6.45, 7) is 6.92. The zero-order valence-corrected chi connectivity index (χ0v) is 12.7. The maximum Gasteiger partial charge on any atom is 0.175 e. The van der Waals surface area contributed by atoms with Crippen LogP contribution in [0, 0.1) is 0 Å². The van der Waals surface area contributed by atoms with E-state index < -0.39 is 0 Å². The first kappa shape index (κ1) is 15.3. The second kappa shape index (κ2) is 7.67. The van der Waals surface area contributed by atoms with Crippen molar-refractivity contribution in [1.29, 1.82) is 0 Å². The number of rotatable bonds is 7. The molecule has 0 aliphatic rings. The zero-order valence-electron chi connectivity index (χ0n) is 10.3. The van der Waals surface area contributed by atoms with Gasteiger partial charge in [0.25, 0.3) is 0 Å². The normalized spacial score (nSPS) is 10.2. The lowest BCUT2D eigenvalue weighted by molar-refractivity contribution is 0.294. The Bertz CT molecular complexity index is 424. The topological polar surface area (TPSA) is 44.5 Å². The van der Waals surface area contributed by atoms with Crippen molar-refractivity contribution >= 4 is 27.5 Å². The van der Waals surface area contributed by atoms with Crippen LogP contribution in [-0.2, 0) is 6.42 Å². The molecule has 0 aromatic heterocycles. The molecule has 3 nitrogen and oxygen atoms in total. The molecular formula is C13H17BrClNO2. The molecule has 1 aromatic carbocycles. The van der Waals surface area contributed by atoms with Crippen molar-refractivity contribution in [3.05, 3.63) is 33.8 Å². The maximum atomic E-state index is 5.70. The second-order valence-corrected chi connectivity index (χ2v) is 5.07. The third-order valence-corrected chi connectivity index (χ3v) is 2.87. The van der Waals surface area contributed by atoms with Crippen molar-refractivity contribution in [3.63, 3.8) is 0 Å². The Kier molecular flexibility index (Phi) is 6.54. The molecule has 100 valence electrons. The molecule has 18 heavy (non-hydrogen) atoms. The molecule has 0 saturated carbocycles. The van der Waals surface area contributed by atoms with Crippen LogP contribution in [0.5, 0.6) is 11.5 Å². The average molecular weight is 335 g/mol. The lowest BCUT2D eigenvalue weighted by Gasteiger charge is -2.15. The standard InChI is InChI=1S/C13H17BrClNO2/c1-3-17-12-7-10(4-5-16)6-11(14)13(12)18-8-9(2)15/h6-7H,2-5,8,16H2,1H3. The van der Waals surface area contributed by atoms with Gasteiger partial charge >= 0.3 is 0 Å². The van der Waals surface area contributed by atoms with E-state index in [4.69, 9.17) is 26.8 Å². The van der Waals surface area contributed by atoms with E-state index >= 15 is 0 Å². The smallest absolute Gasteiger partial charge is 0.175 e. The van der Waals surface area contributed by atoms with Crippen LogP contribution >= 0.6 is 27.5 Å². The molecule has 0 bridgehead atoms. The molecule has 5 heteroatoms. The van der Waals surface area contributed by atoms with Gasteiger partial charge in [-0.05, 0) is 53.5 Å². The van der Waals surface area contributed by atoms with Gasteiger partial charge in [-0.3, -0.25) is 0 Å². The average Bonchev–Trinajstić information content (AvgIpc) is 2.28. The molecule has 0 spiro atoms. The van der Waals surface area contributed by atoms with E-state index in [2.05, 4.69) is 22.5 Å². The highest BCUT2D eigenvalue weighted by molar-refractivity contribution is 9.10. The highest BCUT2D eigenvalue weighted by Crippen LogP contribution is 2.37. The number of hydrogen-bond acceptors (Lipinski definition) is 3. The van der Waals surface area contributed by atoms with Gasteiger partial charge in [0.1, 0.15) is 6.61 Å². The first-order valence-electron chi connectivity index (χ1n) is 5.69. The van der Waals surface area contributed by atoms with Gasteiger partial charge in [0.15, 0.2) is 11.5 Å². The maximum absolute atomic E-state index is 5.70. The first-order chi connectivity index (χ1) is 8.58. The van der Waals surface area contributed by atoms with Crippen molar-refractivity contribution in [2.75, 3.05) is 19.8 Å². The summed E-state index contributed by atoms with van der Waals surface area (Å²) in [7, 11) is 0. The van der Waals surface area contributed by atoms with Gasteiger partial charge in [-0.15, -0.1) is 0 Å². The fourth-order valence-electron chi connectivity index (χ4n) is 1.49. The predicted octanol–water partition coefficient (Wildman–Crippen LogP) is 3.48. The molecule has 0 radical (unpaired) electrons. The van der Waals surface area contributed by atoms with Crippen LogP contribution in [0.2, 0.25) is 0 Å². The molecule has 2 N–H and O–H groups in total. The molecule has 0 aliphatic carbocycles. The van der Waals surface area contributed by atoms with Gasteiger partial charge in [-0.1, -0.05) is 18.2 Å². The van der Waals surface area contributed by atoms with Crippen LogP contribution in [-0.4, -0.2) is 19.8 Å². The molecule has 0 atom stereocenters. The Morgan fingerprint density at radius 2 is 2.17 bits per heavy atom. The summed E-state index contributed by atoms with van der Waals surface area (Å²) in [5.41, 5.74) is 6.66. The SMILES string of the molecule is C=C(Cl)COc1c(Br)cc(CCN)cc1OCC. The van der Waals surface area contributed by atoms with E-state index in [9.17, 15) is 0 Å². The van der Waals surface area contributed by atoms with Gasteiger partial charge in [0.2, 0.25) is 0 Å². The monoisotopic (exact) mass is 333 g/mol. The third-order valence-electron chi connectivity index (χ3n) is 2.18. The summed E-state index contributed by atoms with van der Waals surface area (Å²) < 4.78 is 12.0. The van der Waals surface area contributed by atoms with Crippen molar-refractivity contribution < 1.29 is 9.47 Å². The fraction of sp³-hybridized carbons (Fsp3) is 0.385. The number of halogens is 2. The van der Waals surface area contributed by atoms with Crippen molar-refractivity contribution in [2.24, 2.45) is 5.73 Å². The molecular weight excluding hydrogens is 318 g/mol. The first-order valence-corrected chi connectivity index (χ1v) is 6.87. The van der Waals surface area contributed by atoms with Gasteiger partial charge in [-0.2, -0.15) is 0 Å². The third kappa shape index (κ3) is 4.52. The summed E-state index contributed by atoms with van der Waals surface area (Å²) in [4.78, 5) is 0. The molecule has 1 aromatic rings. The van der Waals surface area contributed by atoms with E-state index in [1.807, 2.05) is 19.1 Å². The number of benzene rings is 1. The molecule has 0 heterocycles. The van der Waals surface area contributed by atoms with Crippen LogP contribution in [0.25, 0.3) is 0 Å². The largest absolute Gasteiger partial charge is 0.490 e. The Hall–Kier alpha value is -0.710. The quantitative estimate of drug-likeness (QED) is 0.830. The van der Waals surface area contributed by atoms with Crippen LogP contribution in [0.4, 0.5) is 0 Å². The van der Waals surface area contributed by atoms with Gasteiger partial charge in [-0.25, -0.2) is 0 Å². The van der Waals surface area contributed by atoms with Crippen molar-refractivity contribution in [1.82, 2.24) is 0 Å². The number of nitrogens with two attached hydrogens (primary N) is 1. The van der Waals surface area contributed by atoms with Gasteiger partial charge in [0, 0.05) is 5.03 Å².